The molecule has 0 aliphatic heterocycles. The first-order valence-corrected chi connectivity index (χ1v) is 29.7. The van der Waals surface area contributed by atoms with E-state index in [1.165, 1.54) is 33.4 Å². The van der Waals surface area contributed by atoms with Crippen molar-refractivity contribution in [2.24, 2.45) is 0 Å². The molecule has 0 spiro atoms. The molecule has 0 amide bonds. The minimum absolute atomic E-state index is 0. The first kappa shape index (κ1) is 31.3. The van der Waals surface area contributed by atoms with Crippen LogP contribution in [0.2, 0.25) is 0 Å². The van der Waals surface area contributed by atoms with E-state index in [9.17, 15) is 24.7 Å². The Balaban J connectivity index is 0.0000123. The largest absolute Gasteiger partial charge is 0.510 e. The van der Waals surface area contributed by atoms with E-state index in [1.54, 1.807) is 59.2 Å². The molecule has 0 aliphatic rings. The van der Waals surface area contributed by atoms with Gasteiger partial charge in [-0.3, -0.25) is 4.57 Å². The molecule has 90 heavy (non-hydrogen) atoms. The molecule has 15 rings (SSSR count). The van der Waals surface area contributed by atoms with Gasteiger partial charge in [-0.25, -0.2) is 4.98 Å². The molecule has 0 N–H and O–H groups in total. The third-order valence-corrected chi connectivity index (χ3v) is 19.5. The summed E-state index contributed by atoms with van der Waals surface area (Å²) in [5.41, 5.74) is -2.09. The summed E-state index contributed by atoms with van der Waals surface area (Å²) in [5.74, 6) is -0.0640. The average Bonchev–Trinajstić information content (AvgIpc) is 1.30. The molecule has 0 radical (unpaired) electrons. The Kier molecular flexibility index (Phi) is 8.36. The molecule has 0 atom stereocenters. The van der Waals surface area contributed by atoms with Gasteiger partial charge in [-0.15, -0.1) is 29.7 Å². The van der Waals surface area contributed by atoms with Crippen molar-refractivity contribution in [3.8, 4) is 73.2 Å². The number of benzene rings is 12. The molecule has 436 valence electrons. The van der Waals surface area contributed by atoms with Gasteiger partial charge >= 0.3 is 0 Å². The van der Waals surface area contributed by atoms with E-state index < -0.39 is 256 Å². The standard InChI is InChI=1S/C83H62N4OSi.Pt/c1-58-50-81(84-56-75(58)62-30-15-7-16-31-62)87-76-41-24-23-40-72(76)73-48-47-68(55-78(73)87)88-67-33-25-32-66(54-67)85-57-86(77-49-44-63(52-79(77)85)60-42-45-65(46-43-60)83(2,3)4)82-74(61-28-13-6-14-29-61)51-64(59-26-11-5-12-27-59)53-80(82)89(69-34-17-8-18-35-69,70-36-19-9-20-37-70)71-38-21-10-22-39-71;/h5-53,56H,1-4H3;/q-2;/i1D3,5D,6D,7D,8D,9D,10D,11D,12D,13D,14D,15D,16D,17D,18D,19D,20D,21D,22D,26D,27D,28D,29D,30D,31D,34D,35D,36D,37D,38D,39D;. The van der Waals surface area contributed by atoms with E-state index in [1.807, 2.05) is 45.0 Å². The fraction of sp³-hybridized carbons (Fsp3) is 0.0602. The van der Waals surface area contributed by atoms with E-state index >= 15 is 0 Å². The van der Waals surface area contributed by atoms with Crippen molar-refractivity contribution < 1.29 is 75.6 Å². The van der Waals surface area contributed by atoms with Crippen LogP contribution in [-0.2, 0) is 26.5 Å². The van der Waals surface area contributed by atoms with Crippen LogP contribution < -0.4 is 30.1 Å². The van der Waals surface area contributed by atoms with Gasteiger partial charge in [-0.1, -0.05) is 268 Å². The van der Waals surface area contributed by atoms with Crippen molar-refractivity contribution in [2.75, 3.05) is 0 Å². The van der Waals surface area contributed by atoms with Gasteiger partial charge in [-0.2, -0.15) is 18.2 Å². The van der Waals surface area contributed by atoms with Gasteiger partial charge in [0, 0.05) is 54.0 Å². The van der Waals surface area contributed by atoms with Gasteiger partial charge in [0.25, 0.3) is 6.33 Å². The minimum Gasteiger partial charge on any atom is -0.510 e. The Labute approximate surface area is 588 Å². The molecular formula is C83H62N4OPtSi-2. The Hall–Kier alpha value is -10.2. The van der Waals surface area contributed by atoms with E-state index in [4.69, 9.17) is 25.3 Å². The molecule has 0 aliphatic carbocycles. The smallest absolute Gasteiger partial charge is 0.268 e. The van der Waals surface area contributed by atoms with Crippen LogP contribution in [0.4, 0.5) is 0 Å². The zero-order valence-electron chi connectivity index (χ0n) is 80.6. The van der Waals surface area contributed by atoms with Crippen LogP contribution in [0.5, 0.6) is 11.5 Å². The average molecular weight is 1390 g/mol. The maximum absolute atomic E-state index is 10.2. The van der Waals surface area contributed by atoms with E-state index in [2.05, 4.69) is 23.4 Å². The SMILES string of the molecule is [2H]c1c([2H])c([2H])c(-c2cc(-c3c([2H])c([2H])c([2H])c([2H])c3[2H])c(-[n+]3[c-]n(-c4[c-]c(Oc5[c-]c6c(cc5)c5ccccc5n6-c5cc(C([2H])([2H])[2H])c(-c6c([2H])c([2H])c([2H])c([2H])c6[2H])cn5)ccc4)c4cc(-c5ccc(C(C)(C)C)cc5)ccc43)c([Si](c3c([2H])c([2H])c([2H])c([2H])c3[2H])(c3c([2H])c([2H])c([2H])c([2H])c3[2H])c3c([2H])c([2H])c([2H])c([2H])c3[2H])c2)c([2H])c1[2H].[Pt]. The molecule has 12 aromatic carbocycles. The monoisotopic (exact) mass is 1390 g/mol. The maximum atomic E-state index is 10.2. The van der Waals surface area contributed by atoms with Crippen molar-refractivity contribution in [3.05, 3.63) is 332 Å². The quantitative estimate of drug-likeness (QED) is 0.0499. The summed E-state index contributed by atoms with van der Waals surface area (Å²) in [4.78, 5) is 4.69. The van der Waals surface area contributed by atoms with Crippen molar-refractivity contribution in [2.45, 2.75) is 33.0 Å². The normalized spacial score (nSPS) is 17.0. The molecule has 3 aromatic heterocycles. The Morgan fingerprint density at radius 2 is 1.08 bits per heavy atom. The Morgan fingerprint density at radius 3 is 1.70 bits per heavy atom. The summed E-state index contributed by atoms with van der Waals surface area (Å²) in [5, 5.41) is -2.84. The molecule has 3 heterocycles. The van der Waals surface area contributed by atoms with Crippen LogP contribution in [0, 0.1) is 25.3 Å². The van der Waals surface area contributed by atoms with E-state index in [-0.39, 0.29) is 71.6 Å². The third-order valence-electron chi connectivity index (χ3n) is 15.3. The number of rotatable bonds is 13. The predicted octanol–water partition coefficient (Wildman–Crippen LogP) is 17.2. The molecule has 15 aromatic rings. The number of hydrogen-bond acceptors (Lipinski definition) is 2. The van der Waals surface area contributed by atoms with Crippen molar-refractivity contribution in [1.29, 1.82) is 0 Å². The molecular weight excluding hydrogens is 1290 g/mol. The first-order chi connectivity index (χ1) is 57.3. The number of aromatic nitrogens is 4. The number of para-hydroxylation sites is 1. The van der Waals surface area contributed by atoms with Crippen molar-refractivity contribution in [1.82, 2.24) is 14.1 Å². The zero-order chi connectivity index (χ0) is 88.7. The van der Waals surface area contributed by atoms with Crippen molar-refractivity contribution >= 4 is 61.7 Å². The molecule has 0 saturated carbocycles. The number of aryl methyl sites for hydroxylation is 1. The van der Waals surface area contributed by atoms with Gasteiger partial charge in [0.2, 0.25) is 0 Å². The third kappa shape index (κ3) is 10.4. The van der Waals surface area contributed by atoms with Gasteiger partial charge in [-0.05, 0) is 118 Å². The number of fused-ring (bicyclic) bond motifs is 4. The number of nitrogens with zero attached hydrogens (tertiary/aromatic N) is 4. The van der Waals surface area contributed by atoms with E-state index in [0.29, 0.717) is 27.4 Å². The second kappa shape index (κ2) is 24.0. The number of imidazole rings is 1. The minimum atomic E-state index is -6.66. The number of ether oxygens (including phenoxy) is 1. The first-order valence-electron chi connectivity index (χ1n) is 44.2. The van der Waals surface area contributed by atoms with Gasteiger partial charge < -0.3 is 13.9 Å². The van der Waals surface area contributed by atoms with Crippen LogP contribution in [0.3, 0.4) is 0 Å². The van der Waals surface area contributed by atoms with E-state index in [0.717, 1.165) is 23.9 Å². The second-order valence-electron chi connectivity index (χ2n) is 21.5. The topological polar surface area (TPSA) is 35.9 Å². The maximum Gasteiger partial charge on any atom is 0.268 e. The van der Waals surface area contributed by atoms with Crippen LogP contribution in [-0.4, -0.2) is 22.2 Å². The van der Waals surface area contributed by atoms with Gasteiger partial charge in [0.05, 0.1) is 57.8 Å². The molecule has 0 fully saturated rings. The summed E-state index contributed by atoms with van der Waals surface area (Å²) >= 11 is 0. The summed E-state index contributed by atoms with van der Waals surface area (Å²) in [6.45, 7) is 3.09. The van der Waals surface area contributed by atoms with Crippen LogP contribution in [0.15, 0.2) is 303 Å². The summed E-state index contributed by atoms with van der Waals surface area (Å²) < 4.78 is 319. The zero-order valence-corrected chi connectivity index (χ0v) is 50.8. The van der Waals surface area contributed by atoms with Gasteiger partial charge in [0.1, 0.15) is 5.82 Å². The molecule has 0 saturated heterocycles. The predicted molar refractivity (Wildman–Crippen MR) is 369 cm³/mol. The Morgan fingerprint density at radius 1 is 0.500 bits per heavy atom. The number of pyridine rings is 1. The van der Waals surface area contributed by atoms with Crippen LogP contribution >= 0.6 is 0 Å². The van der Waals surface area contributed by atoms with Gasteiger partial charge in [0.15, 0.2) is 8.07 Å². The summed E-state index contributed by atoms with van der Waals surface area (Å²) in [7, 11) is -6.66. The number of hydrogen-bond donors (Lipinski definition) is 0. The van der Waals surface area contributed by atoms with Crippen LogP contribution in [0.25, 0.3) is 94.5 Å². The fourth-order valence-electron chi connectivity index (χ4n) is 11.2. The van der Waals surface area contributed by atoms with Crippen LogP contribution in [0.1, 0.15) is 77.1 Å². The summed E-state index contributed by atoms with van der Waals surface area (Å²) in [6.07, 6.45) is 4.46. The van der Waals surface area contributed by atoms with Crippen molar-refractivity contribution in [3.63, 3.8) is 0 Å². The molecule has 7 heteroatoms. The molecule has 0 unspecified atom stereocenters. The molecule has 0 bridgehead atoms. The second-order valence-corrected chi connectivity index (χ2v) is 25.0. The summed E-state index contributed by atoms with van der Waals surface area (Å²) in [6, 6.07) is 5.93. The molecule has 5 nitrogen and oxygen atoms in total. The Bertz CT molecular complexity index is 6760. The fourth-order valence-corrected chi connectivity index (χ4v) is 15.3.